The molecule has 0 aliphatic carbocycles. The second-order valence-corrected chi connectivity index (χ2v) is 3.44. The van der Waals surface area contributed by atoms with Gasteiger partial charge in [0.25, 0.3) is 0 Å². The molecular formula is C9H17NO3. The minimum Gasteiger partial charge on any atom is -0.466 e. The van der Waals surface area contributed by atoms with Gasteiger partial charge in [-0.15, -0.1) is 0 Å². The summed E-state index contributed by atoms with van der Waals surface area (Å²) in [7, 11) is 0. The van der Waals surface area contributed by atoms with E-state index in [2.05, 4.69) is 5.32 Å². The number of carbonyl (C=O) groups excluding carboxylic acids is 1. The lowest BCUT2D eigenvalue weighted by Gasteiger charge is -2.31. The molecule has 0 bridgehead atoms. The highest BCUT2D eigenvalue weighted by Gasteiger charge is 2.32. The van der Waals surface area contributed by atoms with E-state index in [4.69, 9.17) is 4.74 Å². The predicted molar refractivity (Wildman–Crippen MR) is 48.2 cm³/mol. The summed E-state index contributed by atoms with van der Waals surface area (Å²) in [5, 5.41) is 12.4. The van der Waals surface area contributed by atoms with Crippen LogP contribution in [0, 0.1) is 5.92 Å². The zero-order valence-electron chi connectivity index (χ0n) is 8.12. The van der Waals surface area contributed by atoms with Gasteiger partial charge in [0, 0.05) is 12.6 Å². The molecule has 0 amide bonds. The minimum atomic E-state index is -0.425. The summed E-state index contributed by atoms with van der Waals surface area (Å²) in [5.74, 6) is -0.412. The Morgan fingerprint density at radius 3 is 3.00 bits per heavy atom. The Morgan fingerprint density at radius 2 is 2.38 bits per heavy atom. The first-order valence-corrected chi connectivity index (χ1v) is 4.73. The van der Waals surface area contributed by atoms with Crippen LogP contribution in [-0.4, -0.2) is 36.4 Å². The Balaban J connectivity index is 2.50. The third-order valence-electron chi connectivity index (χ3n) is 2.39. The Morgan fingerprint density at radius 1 is 1.69 bits per heavy atom. The standard InChI is InChI=1S/C9H17NO3/c1-3-13-9(12)8-4-7(11)5-10-6(8)2/h6-8,10-11H,3-5H2,1-2H3. The topological polar surface area (TPSA) is 58.6 Å². The SMILES string of the molecule is CCOC(=O)C1CC(O)CNC1C. The van der Waals surface area contributed by atoms with Gasteiger partial charge in [-0.1, -0.05) is 0 Å². The van der Waals surface area contributed by atoms with Gasteiger partial charge in [0.1, 0.15) is 0 Å². The average molecular weight is 187 g/mol. The monoisotopic (exact) mass is 187 g/mol. The van der Waals surface area contributed by atoms with Crippen LogP contribution in [0.5, 0.6) is 0 Å². The zero-order valence-corrected chi connectivity index (χ0v) is 8.12. The molecule has 0 aromatic carbocycles. The van der Waals surface area contributed by atoms with E-state index in [0.29, 0.717) is 19.6 Å². The zero-order chi connectivity index (χ0) is 9.84. The quantitative estimate of drug-likeness (QED) is 0.593. The second-order valence-electron chi connectivity index (χ2n) is 3.44. The lowest BCUT2D eigenvalue weighted by Crippen LogP contribution is -2.49. The van der Waals surface area contributed by atoms with Gasteiger partial charge in [-0.2, -0.15) is 0 Å². The molecule has 0 radical (unpaired) electrons. The molecule has 3 atom stereocenters. The van der Waals surface area contributed by atoms with Gasteiger partial charge >= 0.3 is 5.97 Å². The maximum absolute atomic E-state index is 11.4. The Kier molecular flexibility index (Phi) is 3.69. The molecule has 13 heavy (non-hydrogen) atoms. The molecule has 0 spiro atoms. The first-order valence-electron chi connectivity index (χ1n) is 4.73. The summed E-state index contributed by atoms with van der Waals surface area (Å²) in [6, 6.07) is 0.0995. The molecule has 4 heteroatoms. The fourth-order valence-electron chi connectivity index (χ4n) is 1.59. The summed E-state index contributed by atoms with van der Waals surface area (Å²) in [6.45, 7) is 4.69. The van der Waals surface area contributed by atoms with Gasteiger partial charge in [0.05, 0.1) is 18.6 Å². The largest absolute Gasteiger partial charge is 0.466 e. The van der Waals surface area contributed by atoms with E-state index in [9.17, 15) is 9.90 Å². The number of esters is 1. The predicted octanol–water partition coefficient (Wildman–Crippen LogP) is -0.0916. The van der Waals surface area contributed by atoms with Crippen molar-refractivity contribution in [2.75, 3.05) is 13.2 Å². The Bertz CT molecular complexity index is 184. The van der Waals surface area contributed by atoms with Crippen molar-refractivity contribution in [3.05, 3.63) is 0 Å². The summed E-state index contributed by atoms with van der Waals surface area (Å²) in [4.78, 5) is 11.4. The fourth-order valence-corrected chi connectivity index (χ4v) is 1.59. The van der Waals surface area contributed by atoms with Crippen molar-refractivity contribution in [1.82, 2.24) is 5.32 Å². The van der Waals surface area contributed by atoms with Crippen LogP contribution in [0.15, 0.2) is 0 Å². The molecule has 1 heterocycles. The molecule has 1 aliphatic rings. The van der Waals surface area contributed by atoms with E-state index < -0.39 is 6.10 Å². The molecule has 2 N–H and O–H groups in total. The number of ether oxygens (including phenoxy) is 1. The lowest BCUT2D eigenvalue weighted by molar-refractivity contribution is -0.151. The number of piperidine rings is 1. The van der Waals surface area contributed by atoms with E-state index in [1.807, 2.05) is 6.92 Å². The Labute approximate surface area is 78.3 Å². The normalized spacial score (nSPS) is 34.2. The van der Waals surface area contributed by atoms with E-state index in [1.54, 1.807) is 6.92 Å². The molecule has 1 aliphatic heterocycles. The van der Waals surface area contributed by atoms with Crippen molar-refractivity contribution < 1.29 is 14.6 Å². The van der Waals surface area contributed by atoms with E-state index in [0.717, 1.165) is 0 Å². The maximum atomic E-state index is 11.4. The highest BCUT2D eigenvalue weighted by atomic mass is 16.5. The average Bonchev–Trinajstić information content (AvgIpc) is 2.09. The first kappa shape index (κ1) is 10.5. The van der Waals surface area contributed by atoms with Crippen LogP contribution in [0.25, 0.3) is 0 Å². The molecule has 76 valence electrons. The van der Waals surface area contributed by atoms with Crippen LogP contribution in [-0.2, 0) is 9.53 Å². The minimum absolute atomic E-state index is 0.0995. The molecule has 0 aromatic rings. The second kappa shape index (κ2) is 4.58. The summed E-state index contributed by atoms with van der Waals surface area (Å²) < 4.78 is 4.91. The van der Waals surface area contributed by atoms with Crippen molar-refractivity contribution in [1.29, 1.82) is 0 Å². The van der Waals surface area contributed by atoms with E-state index >= 15 is 0 Å². The van der Waals surface area contributed by atoms with Gasteiger partial charge in [0.15, 0.2) is 0 Å². The number of β-amino-alcohol motifs (C(OH)–C–C–N with tert-alkyl or cyclic N) is 1. The number of carbonyl (C=O) groups is 1. The molecule has 0 aromatic heterocycles. The van der Waals surface area contributed by atoms with Crippen LogP contribution in [0.3, 0.4) is 0 Å². The van der Waals surface area contributed by atoms with Crippen LogP contribution in [0.4, 0.5) is 0 Å². The van der Waals surface area contributed by atoms with Crippen molar-refractivity contribution >= 4 is 5.97 Å². The molecule has 3 unspecified atom stereocenters. The third-order valence-corrected chi connectivity index (χ3v) is 2.39. The summed E-state index contributed by atoms with van der Waals surface area (Å²) in [6.07, 6.45) is 0.0816. The van der Waals surface area contributed by atoms with Gasteiger partial charge in [-0.3, -0.25) is 4.79 Å². The van der Waals surface area contributed by atoms with Crippen LogP contribution in [0.1, 0.15) is 20.3 Å². The first-order chi connectivity index (χ1) is 6.15. The number of aliphatic hydroxyl groups excluding tert-OH is 1. The fraction of sp³-hybridized carbons (Fsp3) is 0.889. The Hall–Kier alpha value is -0.610. The molecule has 0 saturated carbocycles. The molecular weight excluding hydrogens is 170 g/mol. The summed E-state index contributed by atoms with van der Waals surface area (Å²) >= 11 is 0. The van der Waals surface area contributed by atoms with E-state index in [1.165, 1.54) is 0 Å². The highest BCUT2D eigenvalue weighted by molar-refractivity contribution is 5.73. The summed E-state index contributed by atoms with van der Waals surface area (Å²) in [5.41, 5.74) is 0. The van der Waals surface area contributed by atoms with Crippen molar-refractivity contribution in [2.24, 2.45) is 5.92 Å². The smallest absolute Gasteiger partial charge is 0.310 e. The molecule has 1 rings (SSSR count). The molecule has 1 fully saturated rings. The number of hydrogen-bond acceptors (Lipinski definition) is 4. The number of aliphatic hydroxyl groups is 1. The lowest BCUT2D eigenvalue weighted by atomic mass is 9.90. The van der Waals surface area contributed by atoms with E-state index in [-0.39, 0.29) is 17.9 Å². The number of rotatable bonds is 2. The van der Waals surface area contributed by atoms with Crippen LogP contribution < -0.4 is 5.32 Å². The van der Waals surface area contributed by atoms with Gasteiger partial charge in [-0.05, 0) is 20.3 Å². The number of nitrogens with one attached hydrogen (secondary N) is 1. The van der Waals surface area contributed by atoms with Gasteiger partial charge in [0.2, 0.25) is 0 Å². The third kappa shape index (κ3) is 2.67. The van der Waals surface area contributed by atoms with Gasteiger partial charge < -0.3 is 15.2 Å². The highest BCUT2D eigenvalue weighted by Crippen LogP contribution is 2.18. The maximum Gasteiger partial charge on any atom is 0.310 e. The van der Waals surface area contributed by atoms with Crippen molar-refractivity contribution in [3.63, 3.8) is 0 Å². The number of hydrogen-bond donors (Lipinski definition) is 2. The molecule has 1 saturated heterocycles. The van der Waals surface area contributed by atoms with Gasteiger partial charge in [-0.25, -0.2) is 0 Å². The van der Waals surface area contributed by atoms with Crippen LogP contribution in [0.2, 0.25) is 0 Å². The van der Waals surface area contributed by atoms with Crippen molar-refractivity contribution in [3.8, 4) is 0 Å². The van der Waals surface area contributed by atoms with Crippen LogP contribution >= 0.6 is 0 Å². The molecule has 4 nitrogen and oxygen atoms in total. The van der Waals surface area contributed by atoms with Crippen molar-refractivity contribution in [2.45, 2.75) is 32.4 Å².